The van der Waals surface area contributed by atoms with Crippen LogP contribution in [0.1, 0.15) is 39.2 Å². The Hall–Kier alpha value is -1.22. The molecule has 3 heteroatoms. The van der Waals surface area contributed by atoms with Crippen molar-refractivity contribution in [3.63, 3.8) is 0 Å². The van der Waals surface area contributed by atoms with E-state index in [2.05, 4.69) is 38.2 Å². The maximum Gasteiger partial charge on any atom is 0.165 e. The fourth-order valence-corrected chi connectivity index (χ4v) is 2.65. The van der Waals surface area contributed by atoms with Gasteiger partial charge in [0.15, 0.2) is 11.5 Å². The minimum absolute atomic E-state index is 0.110. The number of hydrogen-bond acceptors (Lipinski definition) is 3. The van der Waals surface area contributed by atoms with E-state index in [1.807, 2.05) is 6.07 Å². The monoisotopic (exact) mass is 275 g/mol. The van der Waals surface area contributed by atoms with Crippen LogP contribution in [-0.4, -0.2) is 24.8 Å². The molecule has 0 amide bonds. The van der Waals surface area contributed by atoms with Crippen molar-refractivity contribution in [2.45, 2.75) is 51.7 Å². The average Bonchev–Trinajstić information content (AvgIpc) is 3.15. The molecule has 1 aliphatic carbocycles. The highest BCUT2D eigenvalue weighted by molar-refractivity contribution is 5.50. The van der Waals surface area contributed by atoms with E-state index in [0.29, 0.717) is 5.92 Å². The van der Waals surface area contributed by atoms with Gasteiger partial charge in [0.2, 0.25) is 0 Å². The Bertz CT molecular complexity index is 480. The predicted molar refractivity (Wildman–Crippen MR) is 80.5 cm³/mol. The van der Waals surface area contributed by atoms with Crippen LogP contribution >= 0.6 is 0 Å². The molecule has 1 saturated carbocycles. The van der Waals surface area contributed by atoms with E-state index in [4.69, 9.17) is 9.47 Å². The van der Waals surface area contributed by atoms with Gasteiger partial charge in [0, 0.05) is 30.5 Å². The summed E-state index contributed by atoms with van der Waals surface area (Å²) in [5.41, 5.74) is 1.15. The van der Waals surface area contributed by atoms with Gasteiger partial charge in [-0.3, -0.25) is 0 Å². The molecule has 1 aliphatic heterocycles. The van der Waals surface area contributed by atoms with Crippen LogP contribution in [0.25, 0.3) is 0 Å². The predicted octanol–water partition coefficient (Wildman–Crippen LogP) is 3.17. The molecule has 0 aromatic heterocycles. The third kappa shape index (κ3) is 3.26. The largest absolute Gasteiger partial charge is 0.489 e. The van der Waals surface area contributed by atoms with Crippen molar-refractivity contribution < 1.29 is 9.47 Å². The highest BCUT2D eigenvalue weighted by atomic mass is 16.5. The number of para-hydroxylation sites is 1. The maximum absolute atomic E-state index is 6.03. The zero-order chi connectivity index (χ0) is 14.2. The number of ether oxygens (including phenoxy) is 2. The summed E-state index contributed by atoms with van der Waals surface area (Å²) in [6, 6.07) is 6.98. The Morgan fingerprint density at radius 3 is 2.95 bits per heavy atom. The molecule has 1 heterocycles. The summed E-state index contributed by atoms with van der Waals surface area (Å²) in [6.07, 6.45) is 3.63. The van der Waals surface area contributed by atoms with Crippen molar-refractivity contribution in [1.29, 1.82) is 0 Å². The molecule has 0 spiro atoms. The summed E-state index contributed by atoms with van der Waals surface area (Å²) in [4.78, 5) is 0. The second-order valence-electron chi connectivity index (χ2n) is 6.88. The lowest BCUT2D eigenvalue weighted by atomic mass is 10.0. The zero-order valence-electron chi connectivity index (χ0n) is 12.7. The number of hydrogen-bond donors (Lipinski definition) is 1. The van der Waals surface area contributed by atoms with Gasteiger partial charge in [0.25, 0.3) is 0 Å². The van der Waals surface area contributed by atoms with E-state index in [0.717, 1.165) is 37.1 Å². The number of rotatable bonds is 6. The van der Waals surface area contributed by atoms with Gasteiger partial charge < -0.3 is 14.8 Å². The smallest absolute Gasteiger partial charge is 0.165 e. The van der Waals surface area contributed by atoms with E-state index >= 15 is 0 Å². The topological polar surface area (TPSA) is 30.5 Å². The lowest BCUT2D eigenvalue weighted by Gasteiger charge is -2.19. The average molecular weight is 275 g/mol. The first-order chi connectivity index (χ1) is 9.53. The van der Waals surface area contributed by atoms with Crippen LogP contribution in [-0.2, 0) is 6.42 Å². The fourth-order valence-electron chi connectivity index (χ4n) is 2.65. The molecule has 0 bridgehead atoms. The van der Waals surface area contributed by atoms with Gasteiger partial charge in [-0.25, -0.2) is 0 Å². The third-order valence-corrected chi connectivity index (χ3v) is 3.91. The minimum atomic E-state index is -0.110. The SMILES string of the molecule is CC(CNC1CC1)COc1cccc2c1OC(C)(C)C2. The normalized spacial score (nSPS) is 21.1. The van der Waals surface area contributed by atoms with Crippen molar-refractivity contribution in [3.05, 3.63) is 23.8 Å². The Morgan fingerprint density at radius 2 is 2.20 bits per heavy atom. The Kier molecular flexibility index (Phi) is 3.63. The number of fused-ring (bicyclic) bond motifs is 1. The summed E-state index contributed by atoms with van der Waals surface area (Å²) in [5, 5.41) is 3.55. The van der Waals surface area contributed by atoms with Crippen molar-refractivity contribution in [1.82, 2.24) is 5.32 Å². The van der Waals surface area contributed by atoms with Crippen LogP contribution in [0.15, 0.2) is 18.2 Å². The summed E-state index contributed by atoms with van der Waals surface area (Å²) in [5.74, 6) is 2.35. The fraction of sp³-hybridized carbons (Fsp3) is 0.647. The second kappa shape index (κ2) is 5.28. The molecule has 1 aromatic rings. The number of benzene rings is 1. The molecule has 20 heavy (non-hydrogen) atoms. The zero-order valence-corrected chi connectivity index (χ0v) is 12.7. The molecule has 0 saturated heterocycles. The summed E-state index contributed by atoms with van der Waals surface area (Å²) in [6.45, 7) is 8.24. The Morgan fingerprint density at radius 1 is 1.40 bits per heavy atom. The van der Waals surface area contributed by atoms with Crippen LogP contribution in [0.5, 0.6) is 11.5 Å². The quantitative estimate of drug-likeness (QED) is 0.865. The molecular weight excluding hydrogens is 250 g/mol. The molecule has 1 atom stereocenters. The van der Waals surface area contributed by atoms with Gasteiger partial charge in [-0.05, 0) is 32.8 Å². The Balaban J connectivity index is 1.56. The lowest BCUT2D eigenvalue weighted by molar-refractivity contribution is 0.130. The van der Waals surface area contributed by atoms with Gasteiger partial charge in [-0.2, -0.15) is 0 Å². The molecule has 3 rings (SSSR count). The molecule has 2 aliphatic rings. The van der Waals surface area contributed by atoms with Crippen molar-refractivity contribution in [2.75, 3.05) is 13.2 Å². The molecule has 3 nitrogen and oxygen atoms in total. The van der Waals surface area contributed by atoms with E-state index < -0.39 is 0 Å². The van der Waals surface area contributed by atoms with Crippen molar-refractivity contribution in [2.24, 2.45) is 5.92 Å². The molecule has 1 fully saturated rings. The first-order valence-corrected chi connectivity index (χ1v) is 7.70. The van der Waals surface area contributed by atoms with Gasteiger partial charge in [0.05, 0.1) is 6.61 Å². The first-order valence-electron chi connectivity index (χ1n) is 7.70. The minimum Gasteiger partial charge on any atom is -0.489 e. The standard InChI is InChI=1S/C17H25NO2/c1-12(10-18-14-7-8-14)11-19-15-6-4-5-13-9-17(2,3)20-16(13)15/h4-6,12,14,18H,7-11H2,1-3H3. The van der Waals surface area contributed by atoms with Crippen molar-refractivity contribution in [3.8, 4) is 11.5 Å². The van der Waals surface area contributed by atoms with Crippen molar-refractivity contribution >= 4 is 0 Å². The summed E-state index contributed by atoms with van der Waals surface area (Å²) < 4.78 is 12.0. The van der Waals surface area contributed by atoms with Crippen LogP contribution in [0.3, 0.4) is 0 Å². The van der Waals surface area contributed by atoms with Gasteiger partial charge in [-0.1, -0.05) is 19.1 Å². The molecule has 1 N–H and O–H groups in total. The molecule has 1 aromatic carbocycles. The maximum atomic E-state index is 6.03. The van der Waals surface area contributed by atoms with Crippen LogP contribution in [0.4, 0.5) is 0 Å². The van der Waals surface area contributed by atoms with Gasteiger partial charge in [-0.15, -0.1) is 0 Å². The van der Waals surface area contributed by atoms with E-state index in [-0.39, 0.29) is 5.60 Å². The highest BCUT2D eigenvalue weighted by Crippen LogP contribution is 2.41. The number of nitrogens with one attached hydrogen (secondary N) is 1. The Labute approximate surface area is 121 Å². The summed E-state index contributed by atoms with van der Waals surface area (Å²) >= 11 is 0. The lowest BCUT2D eigenvalue weighted by Crippen LogP contribution is -2.27. The van der Waals surface area contributed by atoms with Crippen LogP contribution in [0.2, 0.25) is 0 Å². The third-order valence-electron chi connectivity index (χ3n) is 3.91. The van der Waals surface area contributed by atoms with Crippen LogP contribution < -0.4 is 14.8 Å². The molecular formula is C17H25NO2. The molecule has 1 unspecified atom stereocenters. The van der Waals surface area contributed by atoms with Gasteiger partial charge >= 0.3 is 0 Å². The second-order valence-corrected chi connectivity index (χ2v) is 6.88. The van der Waals surface area contributed by atoms with Crippen LogP contribution in [0, 0.1) is 5.92 Å². The molecule has 0 radical (unpaired) electrons. The summed E-state index contributed by atoms with van der Waals surface area (Å²) in [7, 11) is 0. The van der Waals surface area contributed by atoms with Gasteiger partial charge in [0.1, 0.15) is 5.60 Å². The molecule has 110 valence electrons. The first kappa shape index (κ1) is 13.7. The highest BCUT2D eigenvalue weighted by Gasteiger charge is 2.32. The van der Waals surface area contributed by atoms with E-state index in [9.17, 15) is 0 Å². The van der Waals surface area contributed by atoms with E-state index in [1.165, 1.54) is 18.4 Å². The van der Waals surface area contributed by atoms with E-state index in [1.54, 1.807) is 0 Å².